The monoisotopic (exact) mass is 250 g/mol. The Hall–Kier alpha value is -2.06. The van der Waals surface area contributed by atoms with Gasteiger partial charge in [0.05, 0.1) is 11.9 Å². The first kappa shape index (κ1) is 13.0. The van der Waals surface area contributed by atoms with Gasteiger partial charge in [-0.05, 0) is 0 Å². The first-order valence-electron chi connectivity index (χ1n) is 4.46. The molecule has 0 radical (unpaired) electrons. The van der Waals surface area contributed by atoms with Crippen molar-refractivity contribution >= 4 is 23.7 Å². The van der Waals surface area contributed by atoms with E-state index in [1.54, 1.807) is 6.20 Å². The highest BCUT2D eigenvalue weighted by atomic mass is 19.4. The number of carboxylic acids is 1. The van der Waals surface area contributed by atoms with Gasteiger partial charge in [-0.25, -0.2) is 14.5 Å². The van der Waals surface area contributed by atoms with Gasteiger partial charge in [0.2, 0.25) is 0 Å². The van der Waals surface area contributed by atoms with Crippen LogP contribution in [0.25, 0.3) is 0 Å². The summed E-state index contributed by atoms with van der Waals surface area (Å²) >= 11 is 0. The number of rotatable bonds is 0. The molecule has 94 valence electrons. The molecule has 1 aliphatic rings. The van der Waals surface area contributed by atoms with Crippen LogP contribution < -0.4 is 5.73 Å². The molecule has 0 aromatic carbocycles. The number of hydrogen-bond acceptors (Lipinski definition) is 4. The van der Waals surface area contributed by atoms with Gasteiger partial charge in [-0.3, -0.25) is 0 Å². The third kappa shape index (κ3) is 3.47. The van der Waals surface area contributed by atoms with Crippen LogP contribution >= 0.6 is 0 Å². The maximum Gasteiger partial charge on any atom is 0.490 e. The zero-order valence-corrected chi connectivity index (χ0v) is 8.48. The largest absolute Gasteiger partial charge is 0.490 e. The maximum absolute atomic E-state index is 10.6. The van der Waals surface area contributed by atoms with Crippen molar-refractivity contribution in [3.63, 3.8) is 0 Å². The minimum absolute atomic E-state index is 0.663. The standard InChI is InChI=1S/C6H8N4.C2HF3O2/c7-5-4-9-10-3-1-2-8-6(5)10;3-2(4,5)1(6)7/h2,4H,1,3,7H2;(H,6,7). The fourth-order valence-corrected chi connectivity index (χ4v) is 1.03. The summed E-state index contributed by atoms with van der Waals surface area (Å²) in [5.41, 5.74) is 6.23. The molecule has 0 unspecified atom stereocenters. The molecule has 0 atom stereocenters. The molecule has 1 aliphatic heterocycles. The van der Waals surface area contributed by atoms with Crippen molar-refractivity contribution in [2.24, 2.45) is 4.99 Å². The normalized spacial score (nSPS) is 13.6. The van der Waals surface area contributed by atoms with Gasteiger partial charge in [0.15, 0.2) is 5.82 Å². The van der Waals surface area contributed by atoms with E-state index in [9.17, 15) is 13.2 Å². The van der Waals surface area contributed by atoms with Gasteiger partial charge >= 0.3 is 12.1 Å². The summed E-state index contributed by atoms with van der Waals surface area (Å²) < 4.78 is 33.6. The van der Waals surface area contributed by atoms with E-state index in [1.165, 1.54) is 0 Å². The van der Waals surface area contributed by atoms with Gasteiger partial charge in [0.25, 0.3) is 0 Å². The molecule has 6 nitrogen and oxygen atoms in total. The summed E-state index contributed by atoms with van der Waals surface area (Å²) in [6, 6.07) is 0. The van der Waals surface area contributed by atoms with Crippen LogP contribution in [0.2, 0.25) is 0 Å². The van der Waals surface area contributed by atoms with Gasteiger partial charge in [-0.2, -0.15) is 18.3 Å². The van der Waals surface area contributed by atoms with Crippen molar-refractivity contribution in [2.45, 2.75) is 19.1 Å². The van der Waals surface area contributed by atoms with Crippen LogP contribution in [0.4, 0.5) is 24.7 Å². The van der Waals surface area contributed by atoms with Crippen molar-refractivity contribution in [2.75, 3.05) is 5.73 Å². The number of halogens is 3. The average molecular weight is 250 g/mol. The van der Waals surface area contributed by atoms with Gasteiger partial charge < -0.3 is 10.8 Å². The summed E-state index contributed by atoms with van der Waals surface area (Å²) in [4.78, 5) is 13.0. The maximum atomic E-state index is 10.6. The number of aryl methyl sites for hydroxylation is 1. The van der Waals surface area contributed by atoms with Crippen molar-refractivity contribution < 1.29 is 23.1 Å². The Morgan fingerprint density at radius 1 is 1.53 bits per heavy atom. The smallest absolute Gasteiger partial charge is 0.475 e. The third-order valence-electron chi connectivity index (χ3n) is 1.76. The molecule has 0 aliphatic carbocycles. The van der Waals surface area contributed by atoms with Gasteiger partial charge in [0.1, 0.15) is 0 Å². The topological polar surface area (TPSA) is 93.5 Å². The Labute approximate surface area is 93.6 Å². The summed E-state index contributed by atoms with van der Waals surface area (Å²) in [5, 5.41) is 11.2. The minimum atomic E-state index is -5.08. The molecular weight excluding hydrogens is 241 g/mol. The number of anilines is 1. The molecule has 17 heavy (non-hydrogen) atoms. The van der Waals surface area contributed by atoms with Crippen molar-refractivity contribution in [1.82, 2.24) is 9.78 Å². The summed E-state index contributed by atoms with van der Waals surface area (Å²) in [6.07, 6.45) is -0.626. The average Bonchev–Trinajstić information content (AvgIpc) is 2.61. The van der Waals surface area contributed by atoms with E-state index >= 15 is 0 Å². The highest BCUT2D eigenvalue weighted by Crippen LogP contribution is 2.22. The lowest BCUT2D eigenvalue weighted by atomic mass is 10.4. The molecule has 0 spiro atoms. The molecule has 2 rings (SSSR count). The van der Waals surface area contributed by atoms with E-state index in [4.69, 9.17) is 15.6 Å². The second-order valence-corrected chi connectivity index (χ2v) is 3.05. The van der Waals surface area contributed by atoms with E-state index in [0.29, 0.717) is 5.69 Å². The number of carboxylic acid groups (broad SMARTS) is 1. The zero-order valence-electron chi connectivity index (χ0n) is 8.48. The fourth-order valence-electron chi connectivity index (χ4n) is 1.03. The number of carbonyl (C=O) groups is 1. The number of nitrogens with two attached hydrogens (primary N) is 1. The molecule has 1 aromatic rings. The van der Waals surface area contributed by atoms with Crippen LogP contribution in [0.5, 0.6) is 0 Å². The number of fused-ring (bicyclic) bond motifs is 1. The van der Waals surface area contributed by atoms with Crippen LogP contribution in [0.3, 0.4) is 0 Å². The van der Waals surface area contributed by atoms with E-state index in [-0.39, 0.29) is 0 Å². The first-order valence-corrected chi connectivity index (χ1v) is 4.46. The highest BCUT2D eigenvalue weighted by molar-refractivity contribution is 5.73. The Morgan fingerprint density at radius 3 is 2.59 bits per heavy atom. The van der Waals surface area contributed by atoms with E-state index < -0.39 is 12.1 Å². The van der Waals surface area contributed by atoms with Crippen LogP contribution in [0.1, 0.15) is 6.42 Å². The van der Waals surface area contributed by atoms with Gasteiger partial charge in [0, 0.05) is 19.2 Å². The predicted molar refractivity (Wildman–Crippen MR) is 53.1 cm³/mol. The molecule has 0 fully saturated rings. The molecule has 0 saturated carbocycles. The minimum Gasteiger partial charge on any atom is -0.475 e. The highest BCUT2D eigenvalue weighted by Gasteiger charge is 2.38. The van der Waals surface area contributed by atoms with Crippen LogP contribution in [0.15, 0.2) is 11.2 Å². The first-order chi connectivity index (χ1) is 7.82. The van der Waals surface area contributed by atoms with Crippen molar-refractivity contribution in [1.29, 1.82) is 0 Å². The Bertz CT molecular complexity index is 438. The van der Waals surface area contributed by atoms with E-state index in [1.807, 2.05) is 10.9 Å². The molecule has 1 aromatic heterocycles. The molecular formula is C8H9F3N4O2. The SMILES string of the molecule is Nc1cnn2c1N=CCC2.O=C(O)C(F)(F)F. The van der Waals surface area contributed by atoms with Crippen LogP contribution in [0, 0.1) is 0 Å². The second kappa shape index (κ2) is 4.85. The number of aliphatic imine (C=N–C) groups is 1. The third-order valence-corrected chi connectivity index (χ3v) is 1.76. The van der Waals surface area contributed by atoms with Crippen LogP contribution in [-0.4, -0.2) is 33.2 Å². The van der Waals surface area contributed by atoms with Crippen LogP contribution in [-0.2, 0) is 11.3 Å². The fraction of sp³-hybridized carbons (Fsp3) is 0.375. The van der Waals surface area contributed by atoms with E-state index in [0.717, 1.165) is 18.8 Å². The Kier molecular flexibility index (Phi) is 3.71. The number of aliphatic carboxylic acids is 1. The predicted octanol–water partition coefficient (Wildman–Crippen LogP) is 1.20. The lowest BCUT2D eigenvalue weighted by Crippen LogP contribution is -2.21. The molecule has 3 N–H and O–H groups in total. The lowest BCUT2D eigenvalue weighted by Gasteiger charge is -2.05. The number of nitrogens with zero attached hydrogens (tertiary/aromatic N) is 3. The molecule has 9 heteroatoms. The number of aromatic nitrogens is 2. The number of hydrogen-bond donors (Lipinski definition) is 2. The summed E-state index contributed by atoms with van der Waals surface area (Å²) in [7, 11) is 0. The molecule has 0 bridgehead atoms. The number of alkyl halides is 3. The molecule has 2 heterocycles. The summed E-state index contributed by atoms with van der Waals surface area (Å²) in [5.74, 6) is -1.96. The molecule has 0 saturated heterocycles. The zero-order chi connectivity index (χ0) is 13.1. The van der Waals surface area contributed by atoms with E-state index in [2.05, 4.69) is 10.1 Å². The Morgan fingerprint density at radius 2 is 2.12 bits per heavy atom. The second-order valence-electron chi connectivity index (χ2n) is 3.05. The van der Waals surface area contributed by atoms with Crippen molar-refractivity contribution in [3.8, 4) is 0 Å². The van der Waals surface area contributed by atoms with Gasteiger partial charge in [-0.15, -0.1) is 0 Å². The van der Waals surface area contributed by atoms with Gasteiger partial charge in [-0.1, -0.05) is 0 Å². The van der Waals surface area contributed by atoms with Crippen molar-refractivity contribution in [3.05, 3.63) is 6.20 Å². The molecule has 0 amide bonds. The quantitative estimate of drug-likeness (QED) is 0.723. The lowest BCUT2D eigenvalue weighted by molar-refractivity contribution is -0.192. The number of nitrogen functional groups attached to an aromatic ring is 1. The summed E-state index contributed by atoms with van der Waals surface area (Å²) in [6.45, 7) is 0.899. The Balaban J connectivity index is 0.000000185.